The van der Waals surface area contributed by atoms with Crippen molar-refractivity contribution in [2.75, 3.05) is 13.1 Å². The Morgan fingerprint density at radius 1 is 1.47 bits per heavy atom. The smallest absolute Gasteiger partial charge is 0.321 e. The van der Waals surface area contributed by atoms with Gasteiger partial charge in [-0.3, -0.25) is 9.69 Å². The molecule has 0 aromatic rings. The van der Waals surface area contributed by atoms with Gasteiger partial charge in [-0.15, -0.1) is 0 Å². The van der Waals surface area contributed by atoms with E-state index in [4.69, 9.17) is 0 Å². The summed E-state index contributed by atoms with van der Waals surface area (Å²) in [6, 6.07) is -0.310. The maximum atomic E-state index is 11.2. The second-order valence-electron chi connectivity index (χ2n) is 4.91. The maximum Gasteiger partial charge on any atom is 0.321 e. The predicted octanol–water partition coefficient (Wildman–Crippen LogP) is 2.22. The summed E-state index contributed by atoms with van der Waals surface area (Å²) >= 11 is 0. The lowest BCUT2D eigenvalue weighted by atomic mass is 9.84. The molecule has 1 N–H and O–H groups in total. The van der Waals surface area contributed by atoms with Crippen molar-refractivity contribution in [3.05, 3.63) is 0 Å². The largest absolute Gasteiger partial charge is 0.480 e. The number of rotatable bonds is 6. The SMILES string of the molecule is CCN(CC1CCC1)C(C(=O)O)C(C)C. The summed E-state index contributed by atoms with van der Waals surface area (Å²) in [4.78, 5) is 13.3. The van der Waals surface area contributed by atoms with Crippen molar-refractivity contribution in [1.29, 1.82) is 0 Å². The van der Waals surface area contributed by atoms with E-state index in [1.165, 1.54) is 19.3 Å². The molecule has 0 aromatic carbocycles. The maximum absolute atomic E-state index is 11.2. The molecule has 0 bridgehead atoms. The van der Waals surface area contributed by atoms with E-state index in [1.807, 2.05) is 13.8 Å². The lowest BCUT2D eigenvalue weighted by Crippen LogP contribution is -2.47. The summed E-state index contributed by atoms with van der Waals surface area (Å²) in [6.07, 6.45) is 3.88. The van der Waals surface area contributed by atoms with Crippen LogP contribution < -0.4 is 0 Å². The Morgan fingerprint density at radius 2 is 2.07 bits per heavy atom. The molecule has 0 aliphatic heterocycles. The number of aliphatic carboxylic acids is 1. The Balaban J connectivity index is 2.55. The fraction of sp³-hybridized carbons (Fsp3) is 0.917. The van der Waals surface area contributed by atoms with E-state index in [1.54, 1.807) is 0 Å². The van der Waals surface area contributed by atoms with Crippen molar-refractivity contribution in [3.8, 4) is 0 Å². The fourth-order valence-corrected chi connectivity index (χ4v) is 2.31. The summed E-state index contributed by atoms with van der Waals surface area (Å²) in [5.74, 6) is 0.249. The first-order chi connectivity index (χ1) is 7.06. The molecule has 88 valence electrons. The van der Waals surface area contributed by atoms with Crippen molar-refractivity contribution in [2.45, 2.75) is 46.1 Å². The summed E-state index contributed by atoms with van der Waals surface area (Å²) < 4.78 is 0. The number of hydrogen-bond donors (Lipinski definition) is 1. The molecule has 0 saturated heterocycles. The van der Waals surface area contributed by atoms with E-state index >= 15 is 0 Å². The highest BCUT2D eigenvalue weighted by Crippen LogP contribution is 2.28. The van der Waals surface area contributed by atoms with Gasteiger partial charge in [0.05, 0.1) is 0 Å². The molecule has 3 nitrogen and oxygen atoms in total. The van der Waals surface area contributed by atoms with Crippen molar-refractivity contribution in [2.24, 2.45) is 11.8 Å². The molecule has 1 fully saturated rings. The predicted molar refractivity (Wildman–Crippen MR) is 60.8 cm³/mol. The normalized spacial score (nSPS) is 19.3. The van der Waals surface area contributed by atoms with E-state index in [9.17, 15) is 9.90 Å². The summed E-state index contributed by atoms with van der Waals surface area (Å²) in [7, 11) is 0. The lowest BCUT2D eigenvalue weighted by Gasteiger charge is -2.36. The number of carboxylic acids is 1. The molecule has 1 atom stereocenters. The van der Waals surface area contributed by atoms with Gasteiger partial charge in [0.25, 0.3) is 0 Å². The van der Waals surface area contributed by atoms with Crippen LogP contribution in [0.4, 0.5) is 0 Å². The highest BCUT2D eigenvalue weighted by molar-refractivity contribution is 5.73. The summed E-state index contributed by atoms with van der Waals surface area (Å²) in [5.41, 5.74) is 0. The van der Waals surface area contributed by atoms with Crippen LogP contribution in [0.25, 0.3) is 0 Å². The number of likely N-dealkylation sites (N-methyl/N-ethyl adjacent to an activating group) is 1. The van der Waals surface area contributed by atoms with Crippen molar-refractivity contribution >= 4 is 5.97 Å². The highest BCUT2D eigenvalue weighted by Gasteiger charge is 2.30. The van der Waals surface area contributed by atoms with E-state index in [2.05, 4.69) is 11.8 Å². The highest BCUT2D eigenvalue weighted by atomic mass is 16.4. The average Bonchev–Trinajstić information content (AvgIpc) is 2.07. The second kappa shape index (κ2) is 5.50. The third-order valence-electron chi connectivity index (χ3n) is 3.40. The Hall–Kier alpha value is -0.570. The van der Waals surface area contributed by atoms with Crippen LogP contribution in [0.3, 0.4) is 0 Å². The first-order valence-corrected chi connectivity index (χ1v) is 6.03. The topological polar surface area (TPSA) is 40.5 Å². The second-order valence-corrected chi connectivity index (χ2v) is 4.91. The van der Waals surface area contributed by atoms with E-state index in [-0.39, 0.29) is 12.0 Å². The first-order valence-electron chi connectivity index (χ1n) is 6.03. The first kappa shape index (κ1) is 12.5. The molecule has 0 radical (unpaired) electrons. The molecule has 15 heavy (non-hydrogen) atoms. The third kappa shape index (κ3) is 3.20. The van der Waals surface area contributed by atoms with Gasteiger partial charge in [-0.1, -0.05) is 27.2 Å². The van der Waals surface area contributed by atoms with Crippen LogP contribution in [0.5, 0.6) is 0 Å². The zero-order chi connectivity index (χ0) is 11.4. The van der Waals surface area contributed by atoms with Crippen LogP contribution in [0.15, 0.2) is 0 Å². The molecule has 3 heteroatoms. The van der Waals surface area contributed by atoms with Crippen LogP contribution in [0, 0.1) is 11.8 Å². The van der Waals surface area contributed by atoms with Gasteiger partial charge in [-0.2, -0.15) is 0 Å². The Morgan fingerprint density at radius 3 is 2.33 bits per heavy atom. The average molecular weight is 213 g/mol. The lowest BCUT2D eigenvalue weighted by molar-refractivity contribution is -0.145. The molecule has 1 unspecified atom stereocenters. The van der Waals surface area contributed by atoms with E-state index in [0.29, 0.717) is 0 Å². The van der Waals surface area contributed by atoms with Crippen LogP contribution >= 0.6 is 0 Å². The van der Waals surface area contributed by atoms with Crippen molar-refractivity contribution in [3.63, 3.8) is 0 Å². The number of nitrogens with zero attached hydrogens (tertiary/aromatic N) is 1. The standard InChI is InChI=1S/C12H23NO2/c1-4-13(8-10-6-5-7-10)11(9(2)3)12(14)15/h9-11H,4-8H2,1-3H3,(H,14,15). The fourth-order valence-electron chi connectivity index (χ4n) is 2.31. The van der Waals surface area contributed by atoms with Crippen LogP contribution in [-0.2, 0) is 4.79 Å². The molecule has 0 amide bonds. The van der Waals surface area contributed by atoms with Gasteiger partial charge >= 0.3 is 5.97 Å². The monoisotopic (exact) mass is 213 g/mol. The van der Waals surface area contributed by atoms with Gasteiger partial charge < -0.3 is 5.11 Å². The third-order valence-corrected chi connectivity index (χ3v) is 3.40. The van der Waals surface area contributed by atoms with Gasteiger partial charge in [0.1, 0.15) is 6.04 Å². The van der Waals surface area contributed by atoms with Gasteiger partial charge in [0, 0.05) is 6.54 Å². The molecule has 0 heterocycles. The minimum atomic E-state index is -0.675. The van der Waals surface area contributed by atoms with Crippen molar-refractivity contribution in [1.82, 2.24) is 4.90 Å². The quantitative estimate of drug-likeness (QED) is 0.735. The van der Waals surface area contributed by atoms with E-state index < -0.39 is 5.97 Å². The minimum Gasteiger partial charge on any atom is -0.480 e. The molecule has 0 aromatic heterocycles. The van der Waals surface area contributed by atoms with Gasteiger partial charge in [-0.05, 0) is 31.2 Å². The Bertz CT molecular complexity index is 212. The molecular formula is C12H23NO2. The number of carbonyl (C=O) groups is 1. The van der Waals surface area contributed by atoms with Crippen molar-refractivity contribution < 1.29 is 9.90 Å². The van der Waals surface area contributed by atoms with E-state index in [0.717, 1.165) is 19.0 Å². The van der Waals surface area contributed by atoms with Gasteiger partial charge in [0.15, 0.2) is 0 Å². The van der Waals surface area contributed by atoms with Crippen LogP contribution in [0.1, 0.15) is 40.0 Å². The van der Waals surface area contributed by atoms with Crippen LogP contribution in [0.2, 0.25) is 0 Å². The molecule has 1 aliphatic carbocycles. The minimum absolute atomic E-state index is 0.183. The summed E-state index contributed by atoms with van der Waals surface area (Å²) in [5, 5.41) is 9.21. The number of hydrogen-bond acceptors (Lipinski definition) is 2. The Labute approximate surface area is 92.5 Å². The van der Waals surface area contributed by atoms with Crippen LogP contribution in [-0.4, -0.2) is 35.1 Å². The molecule has 0 spiro atoms. The Kier molecular flexibility index (Phi) is 4.58. The van der Waals surface area contributed by atoms with Gasteiger partial charge in [-0.25, -0.2) is 0 Å². The summed E-state index contributed by atoms with van der Waals surface area (Å²) in [6.45, 7) is 7.83. The zero-order valence-corrected chi connectivity index (χ0v) is 10.1. The molecule has 1 saturated carbocycles. The number of carboxylic acid groups (broad SMARTS) is 1. The van der Waals surface area contributed by atoms with Gasteiger partial charge in [0.2, 0.25) is 0 Å². The molecule has 1 aliphatic rings. The molecule has 1 rings (SSSR count). The molecular weight excluding hydrogens is 190 g/mol. The zero-order valence-electron chi connectivity index (χ0n) is 10.1.